The molecule has 34 heavy (non-hydrogen) atoms. The van der Waals surface area contributed by atoms with Gasteiger partial charge in [-0.3, -0.25) is 0 Å². The molecule has 1 aromatic rings. The molecular weight excluding hydrogens is 438 g/mol. The van der Waals surface area contributed by atoms with Crippen LogP contribution < -0.4 is 4.74 Å². The van der Waals surface area contributed by atoms with Crippen molar-refractivity contribution in [1.82, 2.24) is 4.90 Å². The second kappa shape index (κ2) is 16.3. The van der Waals surface area contributed by atoms with E-state index in [1.54, 1.807) is 24.0 Å². The summed E-state index contributed by atoms with van der Waals surface area (Å²) >= 11 is 0. The Labute approximate surface area is 204 Å². The topological polar surface area (TPSA) is 94.5 Å². The quantitative estimate of drug-likeness (QED) is 0.320. The van der Waals surface area contributed by atoms with Gasteiger partial charge in [0.05, 0.1) is 19.8 Å². The average Bonchev–Trinajstić information content (AvgIpc) is 2.78. The molecule has 0 aliphatic heterocycles. The molecule has 1 N–H and O–H groups in total. The first-order valence-corrected chi connectivity index (χ1v) is 12.2. The molecule has 8 heteroatoms. The van der Waals surface area contributed by atoms with Crippen LogP contribution in [0.2, 0.25) is 0 Å². The molecule has 194 valence electrons. The molecular formula is C26H43NO7. The lowest BCUT2D eigenvalue weighted by atomic mass is 9.99. The van der Waals surface area contributed by atoms with E-state index in [0.717, 1.165) is 24.8 Å². The Bertz CT molecular complexity index is 700. The van der Waals surface area contributed by atoms with Gasteiger partial charge in [0.1, 0.15) is 12.4 Å². The SMILES string of the molecule is CCCCCOCCN(CCOc1ccc(CC(OCC)C(=O)O)cc1)C(=O)OCC(C)(C)C. The fourth-order valence-corrected chi connectivity index (χ4v) is 3.02. The Balaban J connectivity index is 2.56. The highest BCUT2D eigenvalue weighted by atomic mass is 16.6. The maximum Gasteiger partial charge on any atom is 0.409 e. The van der Waals surface area contributed by atoms with Gasteiger partial charge in [-0.15, -0.1) is 0 Å². The summed E-state index contributed by atoms with van der Waals surface area (Å²) in [6.45, 7) is 12.9. The molecule has 0 spiro atoms. The van der Waals surface area contributed by atoms with E-state index in [1.165, 1.54) is 0 Å². The summed E-state index contributed by atoms with van der Waals surface area (Å²) in [5, 5.41) is 9.23. The number of rotatable bonds is 17. The highest BCUT2D eigenvalue weighted by Crippen LogP contribution is 2.16. The standard InChI is InChI=1S/C26H43NO7/c1-6-8-9-16-31-17-14-27(25(30)34-20-26(3,4)5)15-18-33-22-12-10-21(11-13-22)19-23(24(28)29)32-7-2/h10-13,23H,6-9,14-20H2,1-5H3,(H,28,29). The summed E-state index contributed by atoms with van der Waals surface area (Å²) in [5.74, 6) is -0.333. The first kappa shape index (κ1) is 29.7. The van der Waals surface area contributed by atoms with Gasteiger partial charge in [-0.1, -0.05) is 52.7 Å². The van der Waals surface area contributed by atoms with Crippen molar-refractivity contribution in [2.45, 2.75) is 66.4 Å². The van der Waals surface area contributed by atoms with E-state index in [2.05, 4.69) is 6.92 Å². The highest BCUT2D eigenvalue weighted by Gasteiger charge is 2.20. The van der Waals surface area contributed by atoms with Crippen LogP contribution in [0, 0.1) is 5.41 Å². The van der Waals surface area contributed by atoms with E-state index in [0.29, 0.717) is 51.9 Å². The van der Waals surface area contributed by atoms with E-state index >= 15 is 0 Å². The summed E-state index contributed by atoms with van der Waals surface area (Å²) in [7, 11) is 0. The Hall–Kier alpha value is -2.32. The van der Waals surface area contributed by atoms with Gasteiger partial charge < -0.3 is 29.0 Å². The predicted molar refractivity (Wildman–Crippen MR) is 131 cm³/mol. The number of unbranched alkanes of at least 4 members (excludes halogenated alkanes) is 2. The monoisotopic (exact) mass is 481 g/mol. The van der Waals surface area contributed by atoms with Gasteiger partial charge in [0.25, 0.3) is 0 Å². The van der Waals surface area contributed by atoms with E-state index in [4.69, 9.17) is 18.9 Å². The predicted octanol–water partition coefficient (Wildman–Crippen LogP) is 4.79. The average molecular weight is 482 g/mol. The minimum atomic E-state index is -0.977. The maximum absolute atomic E-state index is 12.6. The second-order valence-corrected chi connectivity index (χ2v) is 9.40. The zero-order valence-corrected chi connectivity index (χ0v) is 21.5. The third-order valence-corrected chi connectivity index (χ3v) is 4.90. The first-order chi connectivity index (χ1) is 16.2. The van der Waals surface area contributed by atoms with Crippen LogP contribution in [0.4, 0.5) is 4.79 Å². The number of hydrogen-bond donors (Lipinski definition) is 1. The van der Waals surface area contributed by atoms with Crippen molar-refractivity contribution < 1.29 is 33.6 Å². The fourth-order valence-electron chi connectivity index (χ4n) is 3.02. The highest BCUT2D eigenvalue weighted by molar-refractivity contribution is 5.72. The number of ether oxygens (including phenoxy) is 4. The van der Waals surface area contributed by atoms with Gasteiger partial charge in [-0.2, -0.15) is 0 Å². The van der Waals surface area contributed by atoms with Crippen molar-refractivity contribution >= 4 is 12.1 Å². The Morgan fingerprint density at radius 1 is 1.00 bits per heavy atom. The van der Waals surface area contributed by atoms with Crippen LogP contribution in [0.5, 0.6) is 5.75 Å². The maximum atomic E-state index is 12.6. The molecule has 0 saturated heterocycles. The Kier molecular flexibility index (Phi) is 14.3. The number of hydrogen-bond acceptors (Lipinski definition) is 6. The van der Waals surface area contributed by atoms with E-state index in [-0.39, 0.29) is 17.9 Å². The number of aliphatic carboxylic acids is 1. The molecule has 1 atom stereocenters. The number of benzene rings is 1. The Morgan fingerprint density at radius 2 is 1.68 bits per heavy atom. The zero-order valence-electron chi connectivity index (χ0n) is 21.5. The molecule has 8 nitrogen and oxygen atoms in total. The third-order valence-electron chi connectivity index (χ3n) is 4.90. The van der Waals surface area contributed by atoms with Gasteiger partial charge in [0.15, 0.2) is 6.10 Å². The molecule has 0 bridgehead atoms. The van der Waals surface area contributed by atoms with Crippen molar-refractivity contribution in [2.75, 3.05) is 46.1 Å². The zero-order chi connectivity index (χ0) is 25.4. The van der Waals surface area contributed by atoms with E-state index in [9.17, 15) is 14.7 Å². The number of carbonyl (C=O) groups excluding carboxylic acids is 1. The van der Waals surface area contributed by atoms with Gasteiger partial charge in [0, 0.05) is 26.2 Å². The number of carbonyl (C=O) groups is 2. The summed E-state index contributed by atoms with van der Waals surface area (Å²) in [6.07, 6.45) is 2.33. The fraction of sp³-hybridized carbons (Fsp3) is 0.692. The molecule has 1 amide bonds. The number of carboxylic acids is 1. The van der Waals surface area contributed by atoms with Crippen molar-refractivity contribution in [3.05, 3.63) is 29.8 Å². The Morgan fingerprint density at radius 3 is 2.26 bits per heavy atom. The van der Waals surface area contributed by atoms with Crippen LogP contribution in [-0.2, 0) is 25.4 Å². The molecule has 1 rings (SSSR count). The van der Waals surface area contributed by atoms with Crippen molar-refractivity contribution in [3.63, 3.8) is 0 Å². The normalized spacial score (nSPS) is 12.3. The third kappa shape index (κ3) is 13.4. The lowest BCUT2D eigenvalue weighted by Crippen LogP contribution is -2.38. The van der Waals surface area contributed by atoms with Crippen molar-refractivity contribution in [3.8, 4) is 5.75 Å². The van der Waals surface area contributed by atoms with E-state index in [1.807, 2.05) is 32.9 Å². The number of amides is 1. The summed E-state index contributed by atoms with van der Waals surface area (Å²) in [4.78, 5) is 25.5. The van der Waals surface area contributed by atoms with Crippen molar-refractivity contribution in [2.24, 2.45) is 5.41 Å². The minimum absolute atomic E-state index is 0.113. The smallest absolute Gasteiger partial charge is 0.409 e. The van der Waals surface area contributed by atoms with Gasteiger partial charge in [-0.05, 0) is 36.5 Å². The number of nitrogens with zero attached hydrogens (tertiary/aromatic N) is 1. The molecule has 0 aromatic heterocycles. The minimum Gasteiger partial charge on any atom is -0.492 e. The summed E-state index contributed by atoms with van der Waals surface area (Å²) in [6, 6.07) is 7.23. The summed E-state index contributed by atoms with van der Waals surface area (Å²) in [5.41, 5.74) is 0.735. The molecule has 0 saturated carbocycles. The molecule has 0 radical (unpaired) electrons. The largest absolute Gasteiger partial charge is 0.492 e. The first-order valence-electron chi connectivity index (χ1n) is 12.2. The molecule has 0 aliphatic carbocycles. The van der Waals surface area contributed by atoms with Gasteiger partial charge in [-0.25, -0.2) is 9.59 Å². The van der Waals surface area contributed by atoms with Crippen LogP contribution >= 0.6 is 0 Å². The molecule has 0 fully saturated rings. The van der Waals surface area contributed by atoms with E-state index < -0.39 is 12.1 Å². The molecule has 0 aliphatic rings. The van der Waals surface area contributed by atoms with Crippen LogP contribution in [0.25, 0.3) is 0 Å². The second-order valence-electron chi connectivity index (χ2n) is 9.40. The molecule has 1 aromatic carbocycles. The molecule has 1 unspecified atom stereocenters. The number of carboxylic acid groups (broad SMARTS) is 1. The van der Waals surface area contributed by atoms with Gasteiger partial charge in [0.2, 0.25) is 0 Å². The lowest BCUT2D eigenvalue weighted by molar-refractivity contribution is -0.149. The van der Waals surface area contributed by atoms with Crippen molar-refractivity contribution in [1.29, 1.82) is 0 Å². The van der Waals surface area contributed by atoms with Crippen LogP contribution in [0.1, 0.15) is 59.4 Å². The van der Waals surface area contributed by atoms with Crippen LogP contribution in [0.15, 0.2) is 24.3 Å². The van der Waals surface area contributed by atoms with Crippen LogP contribution in [-0.4, -0.2) is 74.3 Å². The molecule has 0 heterocycles. The van der Waals surface area contributed by atoms with Gasteiger partial charge >= 0.3 is 12.1 Å². The summed E-state index contributed by atoms with van der Waals surface area (Å²) < 4.78 is 22.2. The lowest BCUT2D eigenvalue weighted by Gasteiger charge is -2.25. The van der Waals surface area contributed by atoms with Crippen LogP contribution in [0.3, 0.4) is 0 Å².